The van der Waals surface area contributed by atoms with Crippen molar-refractivity contribution in [2.75, 3.05) is 0 Å². The van der Waals surface area contributed by atoms with Crippen LogP contribution in [0.25, 0.3) is 0 Å². The number of benzene rings is 1. The smallest absolute Gasteiger partial charge is 0.147 e. The van der Waals surface area contributed by atoms with Crippen LogP contribution in [-0.2, 0) is 18.0 Å². The van der Waals surface area contributed by atoms with Gasteiger partial charge >= 0.3 is 69.9 Å². The van der Waals surface area contributed by atoms with Gasteiger partial charge in [0.25, 0.3) is 0 Å². The minimum atomic E-state index is 0. The van der Waals surface area contributed by atoms with Crippen molar-refractivity contribution in [3.05, 3.63) is 43.0 Å². The average molecular weight is 261 g/mol. The topological polar surface area (TPSA) is 0 Å². The molecule has 0 heterocycles. The van der Waals surface area contributed by atoms with E-state index in [2.05, 4.69) is 30.8 Å². The molecule has 0 saturated heterocycles. The van der Waals surface area contributed by atoms with Crippen LogP contribution in [0.1, 0.15) is 0 Å². The van der Waals surface area contributed by atoms with Gasteiger partial charge in [-0.15, -0.1) is 12.4 Å². The van der Waals surface area contributed by atoms with E-state index in [0.29, 0.717) is 18.0 Å². The van der Waals surface area contributed by atoms with E-state index in [9.17, 15) is 0 Å². The van der Waals surface area contributed by atoms with Crippen LogP contribution < -0.4 is 4.04 Å². The number of allylic oxidation sites excluding steroid dienone is 1. The molecule has 0 aliphatic rings. The van der Waals surface area contributed by atoms with Gasteiger partial charge in [-0.25, -0.2) is 0 Å². The van der Waals surface area contributed by atoms with Gasteiger partial charge in [0.2, 0.25) is 0 Å². The first-order valence-corrected chi connectivity index (χ1v) is 4.99. The fourth-order valence-electron chi connectivity index (χ4n) is 0.598. The fourth-order valence-corrected chi connectivity index (χ4v) is 1.85. The van der Waals surface area contributed by atoms with Crippen LogP contribution in [0.4, 0.5) is 0 Å². The quantitative estimate of drug-likeness (QED) is 0.579. The van der Waals surface area contributed by atoms with E-state index in [1.807, 2.05) is 12.1 Å². The molecule has 1 aromatic rings. The van der Waals surface area contributed by atoms with Crippen LogP contribution in [0.5, 0.6) is 0 Å². The standard InChI is InChI=1S/C6H5.C3H5.ClH.Pd/c1-2-4-6-5-3-1;1-3-2;;/h1-5H;3H,1-2H2;1H;. The Balaban J connectivity index is 0.000001000. The maximum atomic E-state index is 3.69. The van der Waals surface area contributed by atoms with Gasteiger partial charge in [-0.3, -0.25) is 0 Å². The maximum Gasteiger partial charge on any atom is -0.147 e. The Labute approximate surface area is 82.3 Å². The van der Waals surface area contributed by atoms with Crippen molar-refractivity contribution in [2.45, 2.75) is 4.89 Å². The fraction of sp³-hybridized carbons (Fsp3) is 0.111. The maximum absolute atomic E-state index is 3.69. The molecule has 0 saturated carbocycles. The van der Waals surface area contributed by atoms with Crippen molar-refractivity contribution in [2.24, 2.45) is 0 Å². The number of halogens is 1. The Morgan fingerprint density at radius 3 is 2.45 bits per heavy atom. The Morgan fingerprint density at radius 2 is 1.91 bits per heavy atom. The molecule has 0 radical (unpaired) electrons. The second-order valence-corrected chi connectivity index (χ2v) is 3.87. The number of hydrogen-bond acceptors (Lipinski definition) is 0. The van der Waals surface area contributed by atoms with Crippen LogP contribution >= 0.6 is 12.4 Å². The van der Waals surface area contributed by atoms with E-state index in [1.54, 1.807) is 0 Å². The van der Waals surface area contributed by atoms with Crippen molar-refractivity contribution in [3.8, 4) is 0 Å². The van der Waals surface area contributed by atoms with E-state index < -0.39 is 0 Å². The summed E-state index contributed by atoms with van der Waals surface area (Å²) in [4.78, 5) is 1.12. The van der Waals surface area contributed by atoms with Crippen LogP contribution in [0.15, 0.2) is 43.0 Å². The summed E-state index contributed by atoms with van der Waals surface area (Å²) in [6, 6.07) is 10.5. The zero-order chi connectivity index (χ0) is 7.23. The molecule has 0 aliphatic carbocycles. The average Bonchev–Trinajstić information content (AvgIpc) is 2.03. The second kappa shape index (κ2) is 6.61. The molecule has 0 unspecified atom stereocenters. The van der Waals surface area contributed by atoms with Gasteiger partial charge in [-0.1, -0.05) is 0 Å². The second-order valence-electron chi connectivity index (χ2n) is 1.79. The minimum absolute atomic E-state index is 0. The Hall–Kier alpha value is -0.0877. The van der Waals surface area contributed by atoms with Gasteiger partial charge in [0.15, 0.2) is 0 Å². The summed E-state index contributed by atoms with van der Waals surface area (Å²) < 4.78 is 1.44. The molecule has 0 nitrogen and oxygen atoms in total. The van der Waals surface area contributed by atoms with Crippen molar-refractivity contribution in [1.82, 2.24) is 0 Å². The molecule has 64 valence electrons. The van der Waals surface area contributed by atoms with Gasteiger partial charge in [0.1, 0.15) is 0 Å². The predicted molar refractivity (Wildman–Crippen MR) is 48.3 cm³/mol. The largest absolute Gasteiger partial charge is 0.147 e. The molecule has 0 aromatic heterocycles. The van der Waals surface area contributed by atoms with Crippen LogP contribution in [-0.4, -0.2) is 0 Å². The van der Waals surface area contributed by atoms with E-state index in [4.69, 9.17) is 0 Å². The zero-order valence-corrected chi connectivity index (χ0v) is 8.47. The van der Waals surface area contributed by atoms with Gasteiger partial charge in [-0.2, -0.15) is 0 Å². The minimum Gasteiger partial charge on any atom is -0.147 e. The third-order valence-electron chi connectivity index (χ3n) is 0.997. The SMILES string of the molecule is C=C[CH2][Pd][c]1ccccc1.Cl. The predicted octanol–water partition coefficient (Wildman–Crippen LogP) is 2.42. The van der Waals surface area contributed by atoms with Gasteiger partial charge in [-0.05, 0) is 0 Å². The summed E-state index contributed by atoms with van der Waals surface area (Å²) in [5, 5.41) is 0. The molecular formula is C9H11ClPd. The Kier molecular flexibility index (Phi) is 6.56. The molecular weight excluding hydrogens is 250 g/mol. The van der Waals surface area contributed by atoms with Crippen molar-refractivity contribution < 1.29 is 18.0 Å². The van der Waals surface area contributed by atoms with Crippen LogP contribution in [0, 0.1) is 0 Å². The zero-order valence-electron chi connectivity index (χ0n) is 6.10. The van der Waals surface area contributed by atoms with E-state index in [0.717, 1.165) is 4.89 Å². The van der Waals surface area contributed by atoms with Gasteiger partial charge in [0.05, 0.1) is 0 Å². The van der Waals surface area contributed by atoms with Crippen molar-refractivity contribution in [1.29, 1.82) is 0 Å². The Morgan fingerprint density at radius 1 is 1.27 bits per heavy atom. The molecule has 0 amide bonds. The summed E-state index contributed by atoms with van der Waals surface area (Å²) in [6.07, 6.45) is 1.97. The molecule has 0 bridgehead atoms. The summed E-state index contributed by atoms with van der Waals surface area (Å²) in [5.74, 6) is 0. The molecule has 0 N–H and O–H groups in total. The normalized spacial score (nSPS) is 8.73. The molecule has 11 heavy (non-hydrogen) atoms. The van der Waals surface area contributed by atoms with Crippen LogP contribution in [0.2, 0.25) is 4.89 Å². The monoisotopic (exact) mass is 260 g/mol. The summed E-state index contributed by atoms with van der Waals surface area (Å²) in [5.41, 5.74) is 0. The van der Waals surface area contributed by atoms with Crippen LogP contribution in [0.3, 0.4) is 0 Å². The first-order valence-electron chi connectivity index (χ1n) is 3.11. The van der Waals surface area contributed by atoms with Gasteiger partial charge in [0, 0.05) is 0 Å². The molecule has 2 heteroatoms. The Bertz CT molecular complexity index is 196. The molecule has 0 spiro atoms. The first kappa shape index (κ1) is 10.9. The van der Waals surface area contributed by atoms with Gasteiger partial charge < -0.3 is 0 Å². The summed E-state index contributed by atoms with van der Waals surface area (Å²) in [7, 11) is 0. The number of rotatable bonds is 3. The summed E-state index contributed by atoms with van der Waals surface area (Å²) in [6.45, 7) is 3.69. The molecule has 0 aliphatic heterocycles. The molecule has 1 rings (SSSR count). The third kappa shape index (κ3) is 4.37. The van der Waals surface area contributed by atoms with E-state index >= 15 is 0 Å². The first-order chi connectivity index (χ1) is 4.93. The summed E-state index contributed by atoms with van der Waals surface area (Å²) >= 11 is 0.703. The molecule has 0 fully saturated rings. The van der Waals surface area contributed by atoms with Crippen molar-refractivity contribution in [3.63, 3.8) is 0 Å². The van der Waals surface area contributed by atoms with E-state index in [1.165, 1.54) is 4.04 Å². The molecule has 0 atom stereocenters. The third-order valence-corrected chi connectivity index (χ3v) is 2.92. The number of hydrogen-bond donors (Lipinski definition) is 0. The van der Waals surface area contributed by atoms with E-state index in [-0.39, 0.29) is 12.4 Å². The van der Waals surface area contributed by atoms with Crippen molar-refractivity contribution >= 4 is 16.4 Å². The molecule has 1 aromatic carbocycles.